The molecule has 2 aliphatic carbocycles. The molecule has 0 aromatic rings. The third-order valence-corrected chi connectivity index (χ3v) is 2.50. The van der Waals surface area contributed by atoms with E-state index in [1.165, 1.54) is 74.0 Å². The van der Waals surface area contributed by atoms with Crippen molar-refractivity contribution in [3.63, 3.8) is 0 Å². The molecule has 7 heteroatoms. The van der Waals surface area contributed by atoms with E-state index in [4.69, 9.17) is 22.1 Å². The predicted octanol–water partition coefficient (Wildman–Crippen LogP) is 5.63. The number of rotatable bonds is 0. The summed E-state index contributed by atoms with van der Waals surface area (Å²) in [6, 6.07) is 0. The van der Waals surface area contributed by atoms with Gasteiger partial charge in [0.1, 0.15) is 0 Å². The van der Waals surface area contributed by atoms with Crippen LogP contribution in [0.3, 0.4) is 0 Å². The Balaban J connectivity index is -0.000000157. The maximum Gasteiger partial charge on any atom is 2.00 e. The Morgan fingerprint density at radius 1 is 0.412 bits per heavy atom. The number of hydrogen-bond donors (Lipinski definition) is 0. The van der Waals surface area contributed by atoms with Crippen molar-refractivity contribution in [2.24, 2.45) is 0 Å². The third kappa shape index (κ3) is 31.3. The van der Waals surface area contributed by atoms with Crippen LogP contribution in [0.4, 0.5) is 0 Å². The fourth-order valence-electron chi connectivity index (χ4n) is 1.77. The van der Waals surface area contributed by atoms with Crippen LogP contribution in [0.5, 0.6) is 0 Å². The van der Waals surface area contributed by atoms with Crippen LogP contribution in [0.25, 0.3) is 31.9 Å². The van der Waals surface area contributed by atoms with Crippen molar-refractivity contribution < 1.29 is 21.7 Å². The first-order valence-electron chi connectivity index (χ1n) is 5.80. The molecule has 0 aromatic carbocycles. The molecule has 0 aromatic heterocycles. The van der Waals surface area contributed by atoms with Gasteiger partial charge in [-0.3, -0.25) is 9.82 Å². The van der Waals surface area contributed by atoms with Crippen molar-refractivity contribution >= 4 is 0 Å². The minimum absolute atomic E-state index is 0. The van der Waals surface area contributed by atoms with Gasteiger partial charge >= 0.3 is 21.7 Å². The Labute approximate surface area is 118 Å². The molecule has 0 aliphatic heterocycles. The summed E-state index contributed by atoms with van der Waals surface area (Å²) >= 11 is 0. The van der Waals surface area contributed by atoms with Gasteiger partial charge in [-0.15, -0.1) is 0 Å². The first-order valence-corrected chi connectivity index (χ1v) is 5.80. The summed E-state index contributed by atoms with van der Waals surface area (Å²) in [5.41, 5.74) is 27.0. The van der Waals surface area contributed by atoms with Gasteiger partial charge in [0, 0.05) is 0 Å². The summed E-state index contributed by atoms with van der Waals surface area (Å²) in [7, 11) is 0. The predicted molar refractivity (Wildman–Crippen MR) is 66.3 cm³/mol. The molecule has 0 bridgehead atoms. The number of hydrogen-bond acceptors (Lipinski definition) is 0. The van der Waals surface area contributed by atoms with Gasteiger partial charge in [-0.05, 0) is 0 Å². The van der Waals surface area contributed by atoms with Gasteiger partial charge in [-0.1, -0.05) is 64.2 Å². The number of nitrogens with zero attached hydrogens (tertiary/aromatic N) is 6. The van der Waals surface area contributed by atoms with Crippen molar-refractivity contribution in [1.29, 1.82) is 0 Å². The van der Waals surface area contributed by atoms with E-state index in [0.717, 1.165) is 0 Å². The van der Waals surface area contributed by atoms with E-state index in [2.05, 4.69) is 0 Å². The Morgan fingerprint density at radius 2 is 0.471 bits per heavy atom. The molecule has 2 aliphatic rings. The SMILES string of the molecule is C1CCCC1.C1CCCC1.[N-]=[N+]=[N-].[N-]=[N+]=[N-].[Ti+2]. The molecule has 0 amide bonds. The molecule has 0 atom stereocenters. The average Bonchev–Trinajstić information content (AvgIpc) is 3.00. The monoisotopic (exact) mass is 272 g/mol. The Bertz CT molecular complexity index is 152. The van der Waals surface area contributed by atoms with Gasteiger partial charge in [0.2, 0.25) is 0 Å². The van der Waals surface area contributed by atoms with E-state index < -0.39 is 0 Å². The molecule has 2 saturated carbocycles. The second-order valence-electron chi connectivity index (χ2n) is 3.71. The normalized spacial score (nSPS) is 15.1. The zero-order chi connectivity index (χ0) is 12.5. The van der Waals surface area contributed by atoms with Crippen LogP contribution >= 0.6 is 0 Å². The van der Waals surface area contributed by atoms with Crippen molar-refractivity contribution in [3.8, 4) is 0 Å². The Hall–Kier alpha value is -0.666. The summed E-state index contributed by atoms with van der Waals surface area (Å²) in [5.74, 6) is 0. The minimum Gasteiger partial charge on any atom is -0.373 e. The first kappa shape index (κ1) is 21.6. The first-order chi connectivity index (χ1) is 7.83. The third-order valence-electron chi connectivity index (χ3n) is 2.50. The summed E-state index contributed by atoms with van der Waals surface area (Å²) < 4.78 is 0. The molecule has 0 N–H and O–H groups in total. The summed E-state index contributed by atoms with van der Waals surface area (Å²) in [4.78, 5) is 3.00. The second kappa shape index (κ2) is 24.5. The van der Waals surface area contributed by atoms with Crippen LogP contribution in [0.2, 0.25) is 0 Å². The maximum atomic E-state index is 6.75. The van der Waals surface area contributed by atoms with E-state index in [1.807, 2.05) is 0 Å². The molecule has 2 rings (SSSR count). The molecule has 0 heterocycles. The minimum atomic E-state index is 0. The van der Waals surface area contributed by atoms with Gasteiger partial charge < -0.3 is 22.1 Å². The van der Waals surface area contributed by atoms with Gasteiger partial charge in [0.25, 0.3) is 0 Å². The van der Waals surface area contributed by atoms with E-state index >= 15 is 0 Å². The molecule has 0 unspecified atom stereocenters. The molecule has 0 spiro atoms. The van der Waals surface area contributed by atoms with E-state index in [0.29, 0.717) is 0 Å². The molecular weight excluding hydrogens is 252 g/mol. The summed E-state index contributed by atoms with van der Waals surface area (Å²) in [5, 5.41) is 0. The van der Waals surface area contributed by atoms with Crippen LogP contribution in [0.15, 0.2) is 0 Å². The zero-order valence-electron chi connectivity index (χ0n) is 10.3. The molecule has 0 saturated heterocycles. The van der Waals surface area contributed by atoms with Gasteiger partial charge in [-0.25, -0.2) is 0 Å². The van der Waals surface area contributed by atoms with Crippen LogP contribution in [0.1, 0.15) is 64.2 Å². The topological polar surface area (TPSA) is 117 Å². The van der Waals surface area contributed by atoms with Crippen molar-refractivity contribution in [2.45, 2.75) is 64.2 Å². The van der Waals surface area contributed by atoms with Gasteiger partial charge in [0.15, 0.2) is 0 Å². The van der Waals surface area contributed by atoms with Gasteiger partial charge in [-0.2, -0.15) is 0 Å². The molecule has 0 radical (unpaired) electrons. The molecule has 6 nitrogen and oxygen atoms in total. The average molecular weight is 272 g/mol. The van der Waals surface area contributed by atoms with Crippen molar-refractivity contribution in [2.75, 3.05) is 0 Å². The second-order valence-corrected chi connectivity index (χ2v) is 3.71. The quantitative estimate of drug-likeness (QED) is 0.235. The van der Waals surface area contributed by atoms with Crippen LogP contribution in [-0.2, 0) is 21.7 Å². The Kier molecular flexibility index (Phi) is 31.2. The molecule has 17 heavy (non-hydrogen) atoms. The van der Waals surface area contributed by atoms with E-state index in [9.17, 15) is 0 Å². The summed E-state index contributed by atoms with van der Waals surface area (Å²) in [6.45, 7) is 0. The smallest absolute Gasteiger partial charge is 0.373 e. The standard InChI is InChI=1S/2C5H10.2N3.Ti/c2*1-2-4-5-3-1;2*1-3-2;/h2*1-5H2;;;/q;;2*-1;+2. The fourth-order valence-corrected chi connectivity index (χ4v) is 1.77. The maximum absolute atomic E-state index is 6.75. The Morgan fingerprint density at radius 3 is 0.529 bits per heavy atom. The van der Waals surface area contributed by atoms with Gasteiger partial charge in [0.05, 0.1) is 0 Å². The zero-order valence-corrected chi connectivity index (χ0v) is 11.8. The van der Waals surface area contributed by atoms with E-state index in [-0.39, 0.29) is 21.7 Å². The van der Waals surface area contributed by atoms with Crippen LogP contribution < -0.4 is 0 Å². The van der Waals surface area contributed by atoms with E-state index in [1.54, 1.807) is 0 Å². The molecular formula is C10H20N6Ti. The largest absolute Gasteiger partial charge is 2.00 e. The van der Waals surface area contributed by atoms with Crippen molar-refractivity contribution in [3.05, 3.63) is 31.9 Å². The summed E-state index contributed by atoms with van der Waals surface area (Å²) in [6.07, 6.45) is 15.0. The fraction of sp³-hybridized carbons (Fsp3) is 1.00. The molecule has 2 fully saturated rings. The van der Waals surface area contributed by atoms with Crippen molar-refractivity contribution in [1.82, 2.24) is 0 Å². The van der Waals surface area contributed by atoms with Crippen LogP contribution in [0, 0.1) is 0 Å². The van der Waals surface area contributed by atoms with Crippen LogP contribution in [-0.4, -0.2) is 0 Å². The molecule has 94 valence electrons.